The number of alkyl halides is 3. The highest BCUT2D eigenvalue weighted by molar-refractivity contribution is 5.95. The normalized spacial score (nSPS) is 18.7. The SMILES string of the molecule is Cc1nnccc1C(=O)N1CCC[C@H](c2ncc(C(F)(F)F)[nH]2)C1. The van der Waals surface area contributed by atoms with Crippen LogP contribution in [0.5, 0.6) is 0 Å². The Morgan fingerprint density at radius 1 is 1.42 bits per heavy atom. The minimum absolute atomic E-state index is 0.185. The van der Waals surface area contributed by atoms with Crippen LogP contribution >= 0.6 is 0 Å². The number of carbonyl (C=O) groups excluding carboxylic acids is 1. The number of piperidine rings is 1. The number of aromatic amines is 1. The maximum atomic E-state index is 12.7. The fraction of sp³-hybridized carbons (Fsp3) is 0.467. The minimum atomic E-state index is -4.45. The minimum Gasteiger partial charge on any atom is -0.338 e. The van der Waals surface area contributed by atoms with Gasteiger partial charge in [-0.05, 0) is 25.8 Å². The maximum absolute atomic E-state index is 12.7. The highest BCUT2D eigenvalue weighted by Crippen LogP contribution is 2.31. The lowest BCUT2D eigenvalue weighted by molar-refractivity contribution is -0.141. The van der Waals surface area contributed by atoms with E-state index in [9.17, 15) is 18.0 Å². The molecule has 2 aromatic heterocycles. The summed E-state index contributed by atoms with van der Waals surface area (Å²) >= 11 is 0. The van der Waals surface area contributed by atoms with Crippen molar-refractivity contribution in [2.45, 2.75) is 31.9 Å². The molecule has 1 atom stereocenters. The first kappa shape index (κ1) is 16.4. The van der Waals surface area contributed by atoms with Crippen molar-refractivity contribution in [3.05, 3.63) is 41.2 Å². The first-order chi connectivity index (χ1) is 11.4. The summed E-state index contributed by atoms with van der Waals surface area (Å²) in [5, 5.41) is 7.58. The second-order valence-corrected chi connectivity index (χ2v) is 5.80. The molecule has 3 heterocycles. The Bertz CT molecular complexity index is 743. The zero-order chi connectivity index (χ0) is 17.3. The van der Waals surface area contributed by atoms with Crippen LogP contribution in [0.3, 0.4) is 0 Å². The van der Waals surface area contributed by atoms with Gasteiger partial charge in [-0.15, -0.1) is 0 Å². The van der Waals surface area contributed by atoms with E-state index in [-0.39, 0.29) is 17.6 Å². The number of halogens is 3. The number of aromatic nitrogens is 4. The van der Waals surface area contributed by atoms with Gasteiger partial charge in [0.1, 0.15) is 11.5 Å². The Morgan fingerprint density at radius 3 is 2.88 bits per heavy atom. The third kappa shape index (κ3) is 3.24. The maximum Gasteiger partial charge on any atom is 0.432 e. The molecule has 1 amide bonds. The molecule has 0 radical (unpaired) electrons. The highest BCUT2D eigenvalue weighted by Gasteiger charge is 2.35. The summed E-state index contributed by atoms with van der Waals surface area (Å²) < 4.78 is 38.1. The molecule has 0 unspecified atom stereocenters. The second-order valence-electron chi connectivity index (χ2n) is 5.80. The van der Waals surface area contributed by atoms with Gasteiger partial charge in [-0.3, -0.25) is 4.79 Å². The van der Waals surface area contributed by atoms with Crippen LogP contribution in [0, 0.1) is 6.92 Å². The molecule has 1 fully saturated rings. The average Bonchev–Trinajstić information content (AvgIpc) is 3.05. The summed E-state index contributed by atoms with van der Waals surface area (Å²) in [4.78, 5) is 20.4. The number of hydrogen-bond donors (Lipinski definition) is 1. The van der Waals surface area contributed by atoms with Crippen LogP contribution in [-0.2, 0) is 6.18 Å². The Hall–Kier alpha value is -2.45. The van der Waals surface area contributed by atoms with Gasteiger partial charge in [0.05, 0.1) is 23.7 Å². The van der Waals surface area contributed by atoms with E-state index in [1.165, 1.54) is 6.20 Å². The van der Waals surface area contributed by atoms with Gasteiger partial charge in [0.25, 0.3) is 5.91 Å². The van der Waals surface area contributed by atoms with Gasteiger partial charge in [0.15, 0.2) is 0 Å². The lowest BCUT2D eigenvalue weighted by atomic mass is 9.96. The Balaban J connectivity index is 1.76. The molecule has 0 spiro atoms. The van der Waals surface area contributed by atoms with Crippen molar-refractivity contribution in [1.82, 2.24) is 25.1 Å². The van der Waals surface area contributed by atoms with Gasteiger partial charge in [0, 0.05) is 19.0 Å². The molecule has 128 valence electrons. The molecule has 0 aromatic carbocycles. The molecule has 2 aromatic rings. The van der Waals surface area contributed by atoms with Crippen LogP contribution in [0.25, 0.3) is 0 Å². The number of aryl methyl sites for hydroxylation is 1. The topological polar surface area (TPSA) is 74.8 Å². The molecule has 1 N–H and O–H groups in total. The summed E-state index contributed by atoms with van der Waals surface area (Å²) in [5.41, 5.74) is 0.123. The number of amides is 1. The van der Waals surface area contributed by atoms with Crippen molar-refractivity contribution in [3.63, 3.8) is 0 Å². The molecule has 0 aliphatic carbocycles. The Labute approximate surface area is 136 Å². The largest absolute Gasteiger partial charge is 0.432 e. The Morgan fingerprint density at radius 2 is 2.21 bits per heavy atom. The molecule has 6 nitrogen and oxygen atoms in total. The van der Waals surface area contributed by atoms with Gasteiger partial charge >= 0.3 is 6.18 Å². The number of hydrogen-bond acceptors (Lipinski definition) is 4. The quantitative estimate of drug-likeness (QED) is 0.912. The average molecular weight is 339 g/mol. The predicted octanol–water partition coefficient (Wildman–Crippen LogP) is 2.55. The molecule has 1 aliphatic heterocycles. The number of carbonyl (C=O) groups is 1. The fourth-order valence-corrected chi connectivity index (χ4v) is 2.87. The van der Waals surface area contributed by atoms with E-state index in [1.807, 2.05) is 0 Å². The van der Waals surface area contributed by atoms with E-state index in [0.29, 0.717) is 37.2 Å². The molecule has 0 bridgehead atoms. The van der Waals surface area contributed by atoms with E-state index in [4.69, 9.17) is 0 Å². The third-order valence-electron chi connectivity index (χ3n) is 4.13. The van der Waals surface area contributed by atoms with E-state index in [2.05, 4.69) is 20.2 Å². The van der Waals surface area contributed by atoms with E-state index in [0.717, 1.165) is 6.20 Å². The van der Waals surface area contributed by atoms with Crippen LogP contribution in [0.2, 0.25) is 0 Å². The second kappa shape index (κ2) is 6.21. The summed E-state index contributed by atoms with van der Waals surface area (Å²) in [5.74, 6) is -0.159. The third-order valence-corrected chi connectivity index (χ3v) is 4.13. The molecule has 1 aliphatic rings. The zero-order valence-electron chi connectivity index (χ0n) is 13.0. The zero-order valence-corrected chi connectivity index (χ0v) is 13.0. The van der Waals surface area contributed by atoms with Crippen molar-refractivity contribution < 1.29 is 18.0 Å². The summed E-state index contributed by atoms with van der Waals surface area (Å²) in [6.45, 7) is 2.58. The number of nitrogens with one attached hydrogen (secondary N) is 1. The monoisotopic (exact) mass is 339 g/mol. The predicted molar refractivity (Wildman–Crippen MR) is 78.2 cm³/mol. The van der Waals surface area contributed by atoms with Crippen LogP contribution < -0.4 is 0 Å². The van der Waals surface area contributed by atoms with Crippen LogP contribution in [0.15, 0.2) is 18.5 Å². The van der Waals surface area contributed by atoms with Crippen molar-refractivity contribution in [2.24, 2.45) is 0 Å². The van der Waals surface area contributed by atoms with Gasteiger partial charge in [-0.2, -0.15) is 23.4 Å². The molecule has 9 heteroatoms. The van der Waals surface area contributed by atoms with Crippen molar-refractivity contribution in [2.75, 3.05) is 13.1 Å². The Kier molecular flexibility index (Phi) is 4.25. The van der Waals surface area contributed by atoms with Gasteiger partial charge in [-0.1, -0.05) is 0 Å². The molecule has 24 heavy (non-hydrogen) atoms. The van der Waals surface area contributed by atoms with Gasteiger partial charge in [0.2, 0.25) is 0 Å². The van der Waals surface area contributed by atoms with E-state index >= 15 is 0 Å². The van der Waals surface area contributed by atoms with E-state index in [1.54, 1.807) is 17.9 Å². The van der Waals surface area contributed by atoms with Crippen LogP contribution in [-0.4, -0.2) is 44.1 Å². The first-order valence-corrected chi connectivity index (χ1v) is 7.56. The highest BCUT2D eigenvalue weighted by atomic mass is 19.4. The summed E-state index contributed by atoms with van der Waals surface area (Å²) in [6.07, 6.45) is -0.815. The van der Waals surface area contributed by atoms with Crippen LogP contribution in [0.1, 0.15) is 46.3 Å². The molecule has 3 rings (SSSR count). The number of rotatable bonds is 2. The number of nitrogens with zero attached hydrogens (tertiary/aromatic N) is 4. The number of likely N-dealkylation sites (tertiary alicyclic amines) is 1. The summed E-state index contributed by atoms with van der Waals surface area (Å²) in [6, 6.07) is 1.60. The summed E-state index contributed by atoms with van der Waals surface area (Å²) in [7, 11) is 0. The smallest absolute Gasteiger partial charge is 0.338 e. The van der Waals surface area contributed by atoms with E-state index < -0.39 is 11.9 Å². The number of H-pyrrole nitrogens is 1. The fourth-order valence-electron chi connectivity index (χ4n) is 2.87. The van der Waals surface area contributed by atoms with Crippen LogP contribution in [0.4, 0.5) is 13.2 Å². The molecular formula is C15H16F3N5O. The first-order valence-electron chi connectivity index (χ1n) is 7.56. The molecule has 0 saturated carbocycles. The van der Waals surface area contributed by atoms with Crippen molar-refractivity contribution >= 4 is 5.91 Å². The van der Waals surface area contributed by atoms with Crippen molar-refractivity contribution in [3.8, 4) is 0 Å². The lowest BCUT2D eigenvalue weighted by Crippen LogP contribution is -2.39. The number of imidazole rings is 1. The lowest BCUT2D eigenvalue weighted by Gasteiger charge is -2.32. The molecule has 1 saturated heterocycles. The van der Waals surface area contributed by atoms with Crippen molar-refractivity contribution in [1.29, 1.82) is 0 Å². The van der Waals surface area contributed by atoms with Gasteiger partial charge in [-0.25, -0.2) is 4.98 Å². The molecular weight excluding hydrogens is 323 g/mol. The van der Waals surface area contributed by atoms with Gasteiger partial charge < -0.3 is 9.88 Å². The standard InChI is InChI=1S/C15H16F3N5O/c1-9-11(4-5-20-22-9)14(24)23-6-2-3-10(8-23)13-19-7-12(21-13)15(16,17)18/h4-5,7,10H,2-3,6,8H2,1H3,(H,19,21)/t10-/m0/s1.